The lowest BCUT2D eigenvalue weighted by atomic mass is 10.2. The maximum Gasteiger partial charge on any atom is 0.103 e. The van der Waals surface area contributed by atoms with Gasteiger partial charge in [-0.2, -0.15) is 0 Å². The van der Waals surface area contributed by atoms with Crippen LogP contribution < -0.4 is 0 Å². The maximum absolute atomic E-state index is 5.75. The highest BCUT2D eigenvalue weighted by Crippen LogP contribution is 2.27. The smallest absolute Gasteiger partial charge is 0.103 e. The van der Waals surface area contributed by atoms with E-state index in [2.05, 4.69) is 36.2 Å². The summed E-state index contributed by atoms with van der Waals surface area (Å²) in [7, 11) is 0. The van der Waals surface area contributed by atoms with Crippen LogP contribution in [0.15, 0.2) is 35.4 Å². The largest absolute Gasteiger partial charge is 0.248 e. The van der Waals surface area contributed by atoms with E-state index in [1.54, 1.807) is 11.3 Å². The summed E-state index contributed by atoms with van der Waals surface area (Å²) in [6.45, 7) is 2.13. The Labute approximate surface area is 109 Å². The molecular formula is C12H12ClNS2. The molecule has 0 unspecified atom stereocenters. The summed E-state index contributed by atoms with van der Waals surface area (Å²) < 4.78 is 0. The molecule has 1 nitrogen and oxygen atoms in total. The third-order valence-corrected chi connectivity index (χ3v) is 4.99. The standard InChI is InChI=1S/C12H12ClNS2/c1-9-4-2-3-5-11(9)15-8-12-14-7-10(6-13)16-12/h2-5,7H,6,8H2,1H3. The van der Waals surface area contributed by atoms with E-state index in [1.807, 2.05) is 18.0 Å². The molecule has 2 rings (SSSR count). The summed E-state index contributed by atoms with van der Waals surface area (Å²) in [5, 5.41) is 1.14. The molecule has 0 saturated heterocycles. The van der Waals surface area contributed by atoms with Crippen molar-refractivity contribution in [2.45, 2.75) is 23.5 Å². The lowest BCUT2D eigenvalue weighted by Crippen LogP contribution is -1.81. The van der Waals surface area contributed by atoms with Crippen LogP contribution in [0.5, 0.6) is 0 Å². The average Bonchev–Trinajstić information content (AvgIpc) is 2.76. The number of alkyl halides is 1. The zero-order valence-electron chi connectivity index (χ0n) is 8.94. The molecule has 0 aliphatic carbocycles. The van der Waals surface area contributed by atoms with Gasteiger partial charge in [-0.25, -0.2) is 4.98 Å². The number of nitrogens with zero attached hydrogens (tertiary/aromatic N) is 1. The van der Waals surface area contributed by atoms with Crippen LogP contribution in [0.4, 0.5) is 0 Å². The predicted octanol–water partition coefficient (Wildman–Crippen LogP) is 4.48. The van der Waals surface area contributed by atoms with E-state index in [0.29, 0.717) is 5.88 Å². The Bertz CT molecular complexity index is 468. The zero-order valence-corrected chi connectivity index (χ0v) is 11.3. The minimum absolute atomic E-state index is 0.562. The molecule has 0 saturated carbocycles. The number of benzene rings is 1. The molecule has 0 N–H and O–H groups in total. The van der Waals surface area contributed by atoms with Crippen molar-refractivity contribution in [2.24, 2.45) is 0 Å². The van der Waals surface area contributed by atoms with Gasteiger partial charge in [0.15, 0.2) is 0 Å². The quantitative estimate of drug-likeness (QED) is 0.599. The fourth-order valence-corrected chi connectivity index (χ4v) is 3.37. The van der Waals surface area contributed by atoms with Crippen molar-refractivity contribution >= 4 is 34.7 Å². The van der Waals surface area contributed by atoms with E-state index in [9.17, 15) is 0 Å². The van der Waals surface area contributed by atoms with Crippen molar-refractivity contribution in [1.82, 2.24) is 4.98 Å². The number of hydrogen-bond donors (Lipinski definition) is 0. The molecule has 1 aromatic carbocycles. The van der Waals surface area contributed by atoms with Crippen LogP contribution in [-0.4, -0.2) is 4.98 Å². The fraction of sp³-hybridized carbons (Fsp3) is 0.250. The first-order valence-corrected chi connectivity index (χ1v) is 7.31. The predicted molar refractivity (Wildman–Crippen MR) is 72.4 cm³/mol. The van der Waals surface area contributed by atoms with Crippen LogP contribution in [-0.2, 0) is 11.6 Å². The number of hydrogen-bond acceptors (Lipinski definition) is 3. The van der Waals surface area contributed by atoms with E-state index in [-0.39, 0.29) is 0 Å². The monoisotopic (exact) mass is 269 g/mol. The van der Waals surface area contributed by atoms with Gasteiger partial charge >= 0.3 is 0 Å². The topological polar surface area (TPSA) is 12.9 Å². The van der Waals surface area contributed by atoms with Crippen molar-refractivity contribution in [1.29, 1.82) is 0 Å². The van der Waals surface area contributed by atoms with E-state index in [1.165, 1.54) is 10.5 Å². The molecule has 16 heavy (non-hydrogen) atoms. The number of aryl methyl sites for hydroxylation is 1. The first kappa shape index (κ1) is 12.0. The second-order valence-electron chi connectivity index (χ2n) is 3.41. The third kappa shape index (κ3) is 3.00. The number of rotatable bonds is 4. The van der Waals surface area contributed by atoms with Crippen molar-refractivity contribution in [3.63, 3.8) is 0 Å². The third-order valence-electron chi connectivity index (χ3n) is 2.18. The first-order chi connectivity index (χ1) is 7.79. The van der Waals surface area contributed by atoms with E-state index in [0.717, 1.165) is 15.6 Å². The Morgan fingerprint density at radius 3 is 2.88 bits per heavy atom. The summed E-state index contributed by atoms with van der Waals surface area (Å²) in [5.41, 5.74) is 1.32. The highest BCUT2D eigenvalue weighted by Gasteiger charge is 2.03. The highest BCUT2D eigenvalue weighted by atomic mass is 35.5. The summed E-state index contributed by atoms with van der Waals surface area (Å²) in [6, 6.07) is 8.42. The molecule has 0 fully saturated rings. The second-order valence-corrected chi connectivity index (χ2v) is 5.89. The molecule has 1 heterocycles. The zero-order chi connectivity index (χ0) is 11.4. The van der Waals surface area contributed by atoms with Crippen LogP contribution in [0, 0.1) is 6.92 Å². The van der Waals surface area contributed by atoms with Gasteiger partial charge in [0.1, 0.15) is 5.01 Å². The fourth-order valence-electron chi connectivity index (χ4n) is 1.33. The first-order valence-electron chi connectivity index (χ1n) is 4.97. The lowest BCUT2D eigenvalue weighted by Gasteiger charge is -2.02. The van der Waals surface area contributed by atoms with E-state index >= 15 is 0 Å². The molecular weight excluding hydrogens is 258 g/mol. The summed E-state index contributed by atoms with van der Waals surface area (Å²) >= 11 is 9.27. The van der Waals surface area contributed by atoms with E-state index in [4.69, 9.17) is 11.6 Å². The normalized spacial score (nSPS) is 10.6. The molecule has 0 amide bonds. The Kier molecular flexibility index (Phi) is 4.27. The minimum atomic E-state index is 0.562. The van der Waals surface area contributed by atoms with Crippen LogP contribution >= 0.6 is 34.7 Å². The van der Waals surface area contributed by atoms with Gasteiger partial charge in [-0.15, -0.1) is 34.7 Å². The SMILES string of the molecule is Cc1ccccc1SCc1ncc(CCl)s1. The van der Waals surface area contributed by atoms with Crippen molar-refractivity contribution < 1.29 is 0 Å². The molecule has 84 valence electrons. The summed E-state index contributed by atoms with van der Waals surface area (Å²) in [4.78, 5) is 6.81. The van der Waals surface area contributed by atoms with Gasteiger partial charge in [-0.1, -0.05) is 18.2 Å². The Morgan fingerprint density at radius 1 is 1.38 bits per heavy atom. The van der Waals surface area contributed by atoms with Crippen LogP contribution in [0.3, 0.4) is 0 Å². The molecule has 0 atom stereocenters. The molecule has 0 spiro atoms. The Balaban J connectivity index is 1.99. The van der Waals surface area contributed by atoms with Gasteiger partial charge in [0, 0.05) is 16.0 Å². The maximum atomic E-state index is 5.75. The van der Waals surface area contributed by atoms with Gasteiger partial charge in [-0.05, 0) is 18.6 Å². The molecule has 0 aliphatic heterocycles. The average molecular weight is 270 g/mol. The van der Waals surface area contributed by atoms with Crippen LogP contribution in [0.1, 0.15) is 15.4 Å². The molecule has 1 aromatic heterocycles. The second kappa shape index (κ2) is 5.71. The molecule has 0 bridgehead atoms. The van der Waals surface area contributed by atoms with Gasteiger partial charge < -0.3 is 0 Å². The summed E-state index contributed by atoms with van der Waals surface area (Å²) in [6.07, 6.45) is 1.87. The highest BCUT2D eigenvalue weighted by molar-refractivity contribution is 7.98. The number of aromatic nitrogens is 1. The lowest BCUT2D eigenvalue weighted by molar-refractivity contribution is 1.24. The van der Waals surface area contributed by atoms with Crippen LogP contribution in [0.2, 0.25) is 0 Å². The van der Waals surface area contributed by atoms with Crippen molar-refractivity contribution in [2.75, 3.05) is 0 Å². The number of halogens is 1. The van der Waals surface area contributed by atoms with Gasteiger partial charge in [0.05, 0.1) is 11.6 Å². The van der Waals surface area contributed by atoms with Gasteiger partial charge in [-0.3, -0.25) is 0 Å². The Hall–Kier alpha value is -0.510. The van der Waals surface area contributed by atoms with Gasteiger partial charge in [0.25, 0.3) is 0 Å². The molecule has 0 radical (unpaired) electrons. The minimum Gasteiger partial charge on any atom is -0.248 e. The van der Waals surface area contributed by atoms with E-state index < -0.39 is 0 Å². The van der Waals surface area contributed by atoms with Crippen molar-refractivity contribution in [3.8, 4) is 0 Å². The molecule has 4 heteroatoms. The molecule has 2 aromatic rings. The van der Waals surface area contributed by atoms with Crippen molar-refractivity contribution in [3.05, 3.63) is 45.9 Å². The number of thioether (sulfide) groups is 1. The summed E-state index contributed by atoms with van der Waals surface area (Å²) in [5.74, 6) is 1.49. The van der Waals surface area contributed by atoms with Crippen LogP contribution in [0.25, 0.3) is 0 Å². The Morgan fingerprint density at radius 2 is 2.19 bits per heavy atom. The van der Waals surface area contributed by atoms with Gasteiger partial charge in [0.2, 0.25) is 0 Å². The number of thiazole rings is 1. The molecule has 0 aliphatic rings.